The van der Waals surface area contributed by atoms with Crippen LogP contribution < -0.4 is 5.69 Å². The third-order valence-electron chi connectivity index (χ3n) is 3.95. The van der Waals surface area contributed by atoms with Gasteiger partial charge in [-0.25, -0.2) is 19.2 Å². The van der Waals surface area contributed by atoms with Crippen LogP contribution in [0, 0.1) is 13.8 Å². The van der Waals surface area contributed by atoms with Gasteiger partial charge in [0.2, 0.25) is 0 Å². The molecule has 0 N–H and O–H groups in total. The number of pyridine rings is 1. The lowest BCUT2D eigenvalue weighted by molar-refractivity contribution is 0.776. The van der Waals surface area contributed by atoms with Crippen LogP contribution in [0.5, 0.6) is 0 Å². The summed E-state index contributed by atoms with van der Waals surface area (Å²) in [4.78, 5) is 20.8. The molecular formula is C18H15N5O. The molecule has 24 heavy (non-hydrogen) atoms. The fourth-order valence-corrected chi connectivity index (χ4v) is 2.80. The van der Waals surface area contributed by atoms with E-state index >= 15 is 0 Å². The summed E-state index contributed by atoms with van der Waals surface area (Å²) in [5, 5.41) is 4.30. The number of benzene rings is 1. The van der Waals surface area contributed by atoms with Crippen molar-refractivity contribution in [1.29, 1.82) is 0 Å². The van der Waals surface area contributed by atoms with Crippen LogP contribution in [0.1, 0.15) is 11.1 Å². The van der Waals surface area contributed by atoms with E-state index in [2.05, 4.69) is 47.1 Å². The van der Waals surface area contributed by atoms with Crippen LogP contribution in [0.25, 0.3) is 22.7 Å². The summed E-state index contributed by atoms with van der Waals surface area (Å²) < 4.78 is 2.73. The molecule has 6 nitrogen and oxygen atoms in total. The topological polar surface area (TPSA) is 65.1 Å². The lowest BCUT2D eigenvalue weighted by atomic mass is 10.0. The monoisotopic (exact) mass is 317 g/mol. The van der Waals surface area contributed by atoms with Crippen LogP contribution >= 0.6 is 0 Å². The van der Waals surface area contributed by atoms with E-state index in [1.165, 1.54) is 20.2 Å². The zero-order chi connectivity index (χ0) is 16.7. The molecule has 0 aliphatic carbocycles. The molecule has 6 heteroatoms. The van der Waals surface area contributed by atoms with Crippen molar-refractivity contribution in [2.24, 2.45) is 0 Å². The van der Waals surface area contributed by atoms with Crippen LogP contribution in [0.3, 0.4) is 0 Å². The quantitative estimate of drug-likeness (QED) is 0.570. The molecule has 0 atom stereocenters. The van der Waals surface area contributed by atoms with E-state index in [4.69, 9.17) is 0 Å². The van der Waals surface area contributed by atoms with E-state index in [0.29, 0.717) is 5.65 Å². The highest BCUT2D eigenvalue weighted by molar-refractivity contribution is 5.68. The van der Waals surface area contributed by atoms with Gasteiger partial charge in [0.05, 0.1) is 0 Å². The van der Waals surface area contributed by atoms with Crippen molar-refractivity contribution in [3.63, 3.8) is 0 Å². The van der Waals surface area contributed by atoms with Crippen molar-refractivity contribution >= 4 is 5.65 Å². The molecule has 0 bridgehead atoms. The maximum atomic E-state index is 12.6. The summed E-state index contributed by atoms with van der Waals surface area (Å²) in [6, 6.07) is 11.8. The molecule has 4 rings (SSSR count). The molecule has 0 fully saturated rings. The molecular weight excluding hydrogens is 302 g/mol. The number of nitrogens with zero attached hydrogens (tertiary/aromatic N) is 5. The SMILES string of the molecule is Cc1ccc(-c2ccc3nn(-c4ncccn4)c(=O)n3c2)c(C)c1. The van der Waals surface area contributed by atoms with Crippen LogP contribution in [-0.4, -0.2) is 24.1 Å². The van der Waals surface area contributed by atoms with E-state index in [1.807, 2.05) is 18.3 Å². The van der Waals surface area contributed by atoms with Gasteiger partial charge >= 0.3 is 5.69 Å². The van der Waals surface area contributed by atoms with E-state index < -0.39 is 0 Å². The molecule has 4 aromatic rings. The van der Waals surface area contributed by atoms with Crippen molar-refractivity contribution in [3.05, 3.63) is 76.6 Å². The zero-order valence-electron chi connectivity index (χ0n) is 13.3. The van der Waals surface area contributed by atoms with E-state index in [1.54, 1.807) is 18.5 Å². The number of hydrogen-bond donors (Lipinski definition) is 0. The Balaban J connectivity index is 1.90. The van der Waals surface area contributed by atoms with E-state index in [9.17, 15) is 4.79 Å². The Morgan fingerprint density at radius 3 is 2.54 bits per heavy atom. The van der Waals surface area contributed by atoms with Gasteiger partial charge in [-0.3, -0.25) is 0 Å². The largest absolute Gasteiger partial charge is 0.357 e. The van der Waals surface area contributed by atoms with Crippen molar-refractivity contribution in [2.75, 3.05) is 0 Å². The Kier molecular flexibility index (Phi) is 3.23. The van der Waals surface area contributed by atoms with E-state index in [0.717, 1.165) is 11.1 Å². The molecule has 0 aliphatic heterocycles. The third-order valence-corrected chi connectivity index (χ3v) is 3.95. The summed E-state index contributed by atoms with van der Waals surface area (Å²) in [7, 11) is 0. The van der Waals surface area contributed by atoms with Gasteiger partial charge < -0.3 is 0 Å². The minimum atomic E-state index is -0.289. The summed E-state index contributed by atoms with van der Waals surface area (Å²) >= 11 is 0. The van der Waals surface area contributed by atoms with Crippen LogP contribution in [0.4, 0.5) is 0 Å². The highest BCUT2D eigenvalue weighted by atomic mass is 16.2. The first-order chi connectivity index (χ1) is 11.6. The van der Waals surface area contributed by atoms with Gasteiger partial charge in [-0.15, -0.1) is 9.78 Å². The summed E-state index contributed by atoms with van der Waals surface area (Å²) in [5.41, 5.74) is 4.71. The highest BCUT2D eigenvalue weighted by Crippen LogP contribution is 2.24. The maximum Gasteiger partial charge on any atom is 0.357 e. The normalized spacial score (nSPS) is 11.1. The van der Waals surface area contributed by atoms with Gasteiger partial charge in [0.1, 0.15) is 0 Å². The maximum absolute atomic E-state index is 12.6. The first-order valence-corrected chi connectivity index (χ1v) is 7.60. The Morgan fingerprint density at radius 1 is 1.00 bits per heavy atom. The van der Waals surface area contributed by atoms with Gasteiger partial charge in [0.15, 0.2) is 5.65 Å². The van der Waals surface area contributed by atoms with Gasteiger partial charge in [-0.1, -0.05) is 23.8 Å². The first-order valence-electron chi connectivity index (χ1n) is 7.60. The Bertz CT molecular complexity index is 1100. The molecule has 0 aliphatic rings. The molecule has 0 saturated heterocycles. The second-order valence-electron chi connectivity index (χ2n) is 5.71. The number of hydrogen-bond acceptors (Lipinski definition) is 4. The zero-order valence-corrected chi connectivity index (χ0v) is 13.3. The number of aryl methyl sites for hydroxylation is 2. The average Bonchev–Trinajstić information content (AvgIpc) is 2.92. The molecule has 0 saturated carbocycles. The van der Waals surface area contributed by atoms with Crippen molar-refractivity contribution in [2.45, 2.75) is 13.8 Å². The van der Waals surface area contributed by atoms with Gasteiger partial charge in [-0.2, -0.15) is 0 Å². The molecule has 1 aromatic carbocycles. The smallest absolute Gasteiger partial charge is 0.249 e. The fourth-order valence-electron chi connectivity index (χ4n) is 2.80. The predicted molar refractivity (Wildman–Crippen MR) is 91.3 cm³/mol. The average molecular weight is 317 g/mol. The Morgan fingerprint density at radius 2 is 1.79 bits per heavy atom. The van der Waals surface area contributed by atoms with E-state index in [-0.39, 0.29) is 11.6 Å². The Hall–Kier alpha value is -3.28. The van der Waals surface area contributed by atoms with Crippen molar-refractivity contribution in [1.82, 2.24) is 24.1 Å². The highest BCUT2D eigenvalue weighted by Gasteiger charge is 2.12. The third kappa shape index (κ3) is 2.28. The molecule has 3 heterocycles. The first kappa shape index (κ1) is 14.3. The lowest BCUT2D eigenvalue weighted by Crippen LogP contribution is -2.21. The summed E-state index contributed by atoms with van der Waals surface area (Å²) in [6.45, 7) is 4.13. The minimum absolute atomic E-state index is 0.263. The minimum Gasteiger partial charge on any atom is -0.249 e. The molecule has 0 amide bonds. The molecule has 118 valence electrons. The molecule has 0 unspecified atom stereocenters. The summed E-state index contributed by atoms with van der Waals surface area (Å²) in [6.07, 6.45) is 4.97. The molecule has 3 aromatic heterocycles. The lowest BCUT2D eigenvalue weighted by Gasteiger charge is -2.07. The van der Waals surface area contributed by atoms with Crippen LogP contribution in [-0.2, 0) is 0 Å². The number of fused-ring (bicyclic) bond motifs is 1. The predicted octanol–water partition coefficient (Wildman–Crippen LogP) is 2.56. The van der Waals surface area contributed by atoms with Gasteiger partial charge in [0, 0.05) is 18.6 Å². The second-order valence-corrected chi connectivity index (χ2v) is 5.71. The standard InChI is InChI=1S/C18H15N5O/c1-12-4-6-15(13(2)10-12)14-5-7-16-21-23(18(24)22(16)11-14)17-19-8-3-9-20-17/h3-11H,1-2H3. The Labute approximate surface area is 138 Å². The van der Waals surface area contributed by atoms with Crippen molar-refractivity contribution in [3.8, 4) is 17.1 Å². The molecule has 0 radical (unpaired) electrons. The van der Waals surface area contributed by atoms with Crippen LogP contribution in [0.2, 0.25) is 0 Å². The van der Waals surface area contributed by atoms with Crippen molar-refractivity contribution < 1.29 is 0 Å². The second kappa shape index (κ2) is 5.42. The van der Waals surface area contributed by atoms with Crippen LogP contribution in [0.15, 0.2) is 59.8 Å². The van der Waals surface area contributed by atoms with Gasteiger partial charge in [-0.05, 0) is 48.7 Å². The summed E-state index contributed by atoms with van der Waals surface area (Å²) in [5.74, 6) is 0.263. The fraction of sp³-hybridized carbons (Fsp3) is 0.111. The number of aromatic nitrogens is 5. The van der Waals surface area contributed by atoms with Gasteiger partial charge in [0.25, 0.3) is 5.95 Å². The number of rotatable bonds is 2. The molecule has 0 spiro atoms.